The standard InChI is InChI=1S/C23H28FN3O3S/c24-19-10-12-20(13-11-19)31(29,30)27-16-6-7-18(17-27)23(28)25-21-8-2-3-9-22(21)26-14-4-1-5-15-26/h2-3,8-13,18H,1,4-7,14-17H2,(H,25,28)/t18-/m1/s1. The molecule has 2 saturated heterocycles. The van der Waals surface area contributed by atoms with E-state index >= 15 is 0 Å². The van der Waals surface area contributed by atoms with Gasteiger partial charge in [0.1, 0.15) is 5.82 Å². The number of nitrogens with one attached hydrogen (secondary N) is 1. The fraction of sp³-hybridized carbons (Fsp3) is 0.435. The Morgan fingerprint density at radius 2 is 1.65 bits per heavy atom. The summed E-state index contributed by atoms with van der Waals surface area (Å²) in [5.41, 5.74) is 1.79. The molecule has 0 aromatic heterocycles. The first kappa shape index (κ1) is 21.8. The van der Waals surface area contributed by atoms with Crippen LogP contribution in [0.2, 0.25) is 0 Å². The number of nitrogens with zero attached hydrogens (tertiary/aromatic N) is 2. The molecule has 1 amide bonds. The number of amides is 1. The van der Waals surface area contributed by atoms with Crippen molar-refractivity contribution in [2.24, 2.45) is 5.92 Å². The largest absolute Gasteiger partial charge is 0.370 e. The van der Waals surface area contributed by atoms with Crippen LogP contribution in [0, 0.1) is 11.7 Å². The number of hydrogen-bond donors (Lipinski definition) is 1. The average molecular weight is 446 g/mol. The smallest absolute Gasteiger partial charge is 0.243 e. The van der Waals surface area contributed by atoms with Gasteiger partial charge in [-0.25, -0.2) is 12.8 Å². The van der Waals surface area contributed by atoms with Crippen LogP contribution in [0.1, 0.15) is 32.1 Å². The van der Waals surface area contributed by atoms with Crippen LogP contribution in [0.5, 0.6) is 0 Å². The van der Waals surface area contributed by atoms with Crippen LogP contribution in [0.4, 0.5) is 15.8 Å². The first-order valence-electron chi connectivity index (χ1n) is 10.9. The lowest BCUT2D eigenvalue weighted by Crippen LogP contribution is -2.43. The zero-order valence-corrected chi connectivity index (χ0v) is 18.3. The minimum absolute atomic E-state index is 0.0467. The van der Waals surface area contributed by atoms with E-state index in [1.54, 1.807) is 0 Å². The van der Waals surface area contributed by atoms with Crippen molar-refractivity contribution in [3.8, 4) is 0 Å². The second kappa shape index (κ2) is 9.36. The van der Waals surface area contributed by atoms with Crippen LogP contribution >= 0.6 is 0 Å². The molecule has 0 unspecified atom stereocenters. The lowest BCUT2D eigenvalue weighted by atomic mass is 9.98. The predicted molar refractivity (Wildman–Crippen MR) is 119 cm³/mol. The molecule has 8 heteroatoms. The normalized spacial score (nSPS) is 20.4. The van der Waals surface area contributed by atoms with Gasteiger partial charge < -0.3 is 10.2 Å². The van der Waals surface area contributed by atoms with Crippen LogP contribution in [0.15, 0.2) is 53.4 Å². The highest BCUT2D eigenvalue weighted by Crippen LogP contribution is 2.30. The Bertz CT molecular complexity index is 1020. The Kier molecular flexibility index (Phi) is 6.57. The molecule has 2 aromatic rings. The lowest BCUT2D eigenvalue weighted by Gasteiger charge is -2.33. The summed E-state index contributed by atoms with van der Waals surface area (Å²) in [7, 11) is -3.76. The Hall–Kier alpha value is -2.45. The first-order chi connectivity index (χ1) is 14.9. The highest BCUT2D eigenvalue weighted by Gasteiger charge is 2.33. The molecule has 6 nitrogen and oxygen atoms in total. The zero-order chi connectivity index (χ0) is 21.8. The van der Waals surface area contributed by atoms with Gasteiger partial charge in [0.15, 0.2) is 0 Å². The third kappa shape index (κ3) is 4.91. The summed E-state index contributed by atoms with van der Waals surface area (Å²) in [6.45, 7) is 2.42. The molecule has 2 heterocycles. The number of halogens is 1. The van der Waals surface area contributed by atoms with E-state index in [0.29, 0.717) is 19.4 Å². The van der Waals surface area contributed by atoms with Gasteiger partial charge in [0.05, 0.1) is 22.2 Å². The van der Waals surface area contributed by atoms with Crippen molar-refractivity contribution < 1.29 is 17.6 Å². The summed E-state index contributed by atoms with van der Waals surface area (Å²) < 4.78 is 40.4. The number of carbonyl (C=O) groups is 1. The van der Waals surface area contributed by atoms with Gasteiger partial charge in [0.25, 0.3) is 0 Å². The van der Waals surface area contributed by atoms with Gasteiger partial charge in [-0.15, -0.1) is 0 Å². The van der Waals surface area contributed by atoms with Gasteiger partial charge in [0, 0.05) is 26.2 Å². The molecule has 0 radical (unpaired) electrons. The summed E-state index contributed by atoms with van der Waals surface area (Å²) in [6, 6.07) is 12.6. The van der Waals surface area contributed by atoms with E-state index in [1.807, 2.05) is 24.3 Å². The number of hydrogen-bond acceptors (Lipinski definition) is 4. The van der Waals surface area contributed by atoms with Gasteiger partial charge in [-0.05, 0) is 68.5 Å². The van der Waals surface area contributed by atoms with Crippen molar-refractivity contribution in [1.29, 1.82) is 0 Å². The minimum atomic E-state index is -3.76. The molecule has 0 bridgehead atoms. The second-order valence-corrected chi connectivity index (χ2v) is 10.1. The van der Waals surface area contributed by atoms with Gasteiger partial charge in [-0.3, -0.25) is 4.79 Å². The summed E-state index contributed by atoms with van der Waals surface area (Å²) in [5.74, 6) is -1.08. The molecule has 2 aliphatic rings. The summed E-state index contributed by atoms with van der Waals surface area (Å²) in [5, 5.41) is 3.05. The molecular weight excluding hydrogens is 417 g/mol. The third-order valence-corrected chi connectivity index (χ3v) is 7.94. The topological polar surface area (TPSA) is 69.7 Å². The summed E-state index contributed by atoms with van der Waals surface area (Å²) in [4.78, 5) is 15.4. The zero-order valence-electron chi connectivity index (χ0n) is 17.5. The Balaban J connectivity index is 1.47. The number of anilines is 2. The van der Waals surface area contributed by atoms with E-state index in [9.17, 15) is 17.6 Å². The van der Waals surface area contributed by atoms with Crippen LogP contribution < -0.4 is 10.2 Å². The molecule has 2 aliphatic heterocycles. The van der Waals surface area contributed by atoms with Crippen molar-refractivity contribution in [2.75, 3.05) is 36.4 Å². The van der Waals surface area contributed by atoms with E-state index in [4.69, 9.17) is 0 Å². The number of sulfonamides is 1. The number of carbonyl (C=O) groups excluding carboxylic acids is 1. The van der Waals surface area contributed by atoms with Crippen molar-refractivity contribution in [3.63, 3.8) is 0 Å². The molecule has 0 spiro atoms. The van der Waals surface area contributed by atoms with Gasteiger partial charge in [-0.2, -0.15) is 4.31 Å². The van der Waals surface area contributed by atoms with E-state index < -0.39 is 21.8 Å². The number of benzene rings is 2. The molecule has 31 heavy (non-hydrogen) atoms. The molecule has 2 fully saturated rings. The van der Waals surface area contributed by atoms with Crippen molar-refractivity contribution in [2.45, 2.75) is 37.0 Å². The molecule has 1 atom stereocenters. The molecule has 1 N–H and O–H groups in total. The van der Waals surface area contributed by atoms with E-state index in [0.717, 1.165) is 49.4 Å². The highest BCUT2D eigenvalue weighted by molar-refractivity contribution is 7.89. The Morgan fingerprint density at radius 1 is 0.935 bits per heavy atom. The molecule has 0 saturated carbocycles. The Morgan fingerprint density at radius 3 is 2.39 bits per heavy atom. The van der Waals surface area contributed by atoms with Crippen molar-refractivity contribution in [3.05, 3.63) is 54.3 Å². The van der Waals surface area contributed by atoms with Gasteiger partial charge in [0.2, 0.25) is 15.9 Å². The van der Waals surface area contributed by atoms with E-state index in [1.165, 1.54) is 22.9 Å². The quantitative estimate of drug-likeness (QED) is 0.759. The van der Waals surface area contributed by atoms with Crippen LogP contribution in [-0.2, 0) is 14.8 Å². The van der Waals surface area contributed by atoms with Gasteiger partial charge in [-0.1, -0.05) is 12.1 Å². The van der Waals surface area contributed by atoms with Crippen LogP contribution in [-0.4, -0.2) is 44.8 Å². The monoisotopic (exact) mass is 445 g/mol. The highest BCUT2D eigenvalue weighted by atomic mass is 32.2. The van der Waals surface area contributed by atoms with Crippen LogP contribution in [0.3, 0.4) is 0 Å². The SMILES string of the molecule is O=C(Nc1ccccc1N1CCCCC1)[C@@H]1CCCN(S(=O)(=O)c2ccc(F)cc2)C1. The summed E-state index contributed by atoms with van der Waals surface area (Å²) in [6.07, 6.45) is 4.74. The predicted octanol–water partition coefficient (Wildman–Crippen LogP) is 3.86. The maximum atomic E-state index is 13.2. The fourth-order valence-corrected chi connectivity index (χ4v) is 5.88. The van der Waals surface area contributed by atoms with Gasteiger partial charge >= 0.3 is 0 Å². The molecule has 0 aliphatic carbocycles. The van der Waals surface area contributed by atoms with Crippen molar-refractivity contribution in [1.82, 2.24) is 4.31 Å². The molecule has 2 aromatic carbocycles. The average Bonchev–Trinajstić information content (AvgIpc) is 2.80. The summed E-state index contributed by atoms with van der Waals surface area (Å²) >= 11 is 0. The number of para-hydroxylation sites is 2. The Labute approximate surface area is 183 Å². The maximum absolute atomic E-state index is 13.2. The first-order valence-corrected chi connectivity index (χ1v) is 12.3. The lowest BCUT2D eigenvalue weighted by molar-refractivity contribution is -0.120. The third-order valence-electron chi connectivity index (χ3n) is 6.06. The molecule has 4 rings (SSSR count). The number of piperidine rings is 2. The second-order valence-electron chi connectivity index (χ2n) is 8.21. The fourth-order valence-electron chi connectivity index (χ4n) is 4.36. The van der Waals surface area contributed by atoms with Crippen molar-refractivity contribution >= 4 is 27.3 Å². The van der Waals surface area contributed by atoms with Crippen LogP contribution in [0.25, 0.3) is 0 Å². The number of rotatable bonds is 5. The minimum Gasteiger partial charge on any atom is -0.370 e. The molecular formula is C23H28FN3O3S. The van der Waals surface area contributed by atoms with E-state index in [-0.39, 0.29) is 17.3 Å². The maximum Gasteiger partial charge on any atom is 0.243 e. The molecule has 166 valence electrons. The van der Waals surface area contributed by atoms with E-state index in [2.05, 4.69) is 10.2 Å².